The minimum atomic E-state index is 0.500. The van der Waals surface area contributed by atoms with E-state index < -0.39 is 0 Å². The third kappa shape index (κ3) is 22.5. The number of hydrogen-bond donors (Lipinski definition) is 0. The molecule has 0 atom stereocenters. The molecule has 0 unspecified atom stereocenters. The standard InChI is InChI=1S/C4H8O2.3C2H6/c1-2-5-4-6-3-1;3*1-2/h1-4H2;3*1-2H3. The minimum Gasteiger partial charge on any atom is -0.355 e. The van der Waals surface area contributed by atoms with Crippen LogP contribution in [0.15, 0.2) is 0 Å². The van der Waals surface area contributed by atoms with Crippen LogP contribution in [-0.2, 0) is 9.47 Å². The Morgan fingerprint density at radius 2 is 1.00 bits per heavy atom. The Hall–Kier alpha value is -0.0800. The molecule has 0 aromatic rings. The van der Waals surface area contributed by atoms with Gasteiger partial charge >= 0.3 is 0 Å². The van der Waals surface area contributed by atoms with Crippen LogP contribution in [0.2, 0.25) is 0 Å². The molecule has 0 radical (unpaired) electrons. The molecular weight excluding hydrogens is 152 g/mol. The summed E-state index contributed by atoms with van der Waals surface area (Å²) in [6.45, 7) is 14.2. The van der Waals surface area contributed by atoms with Crippen molar-refractivity contribution in [3.63, 3.8) is 0 Å². The molecule has 1 rings (SSSR count). The van der Waals surface area contributed by atoms with E-state index >= 15 is 0 Å². The first-order chi connectivity index (χ1) is 6.00. The lowest BCUT2D eigenvalue weighted by Crippen LogP contribution is -2.11. The molecule has 1 saturated heterocycles. The Kier molecular flexibility index (Phi) is 45.6. The average molecular weight is 178 g/mol. The van der Waals surface area contributed by atoms with E-state index in [1.54, 1.807) is 0 Å². The molecule has 1 aliphatic heterocycles. The second-order valence-corrected chi connectivity index (χ2v) is 1.29. The van der Waals surface area contributed by atoms with E-state index in [-0.39, 0.29) is 0 Å². The molecule has 0 amide bonds. The van der Waals surface area contributed by atoms with E-state index in [4.69, 9.17) is 9.47 Å². The second-order valence-electron chi connectivity index (χ2n) is 1.29. The van der Waals surface area contributed by atoms with E-state index in [1.807, 2.05) is 41.5 Å². The van der Waals surface area contributed by atoms with Crippen molar-refractivity contribution in [1.82, 2.24) is 0 Å². The van der Waals surface area contributed by atoms with Gasteiger partial charge in [0.25, 0.3) is 0 Å². The van der Waals surface area contributed by atoms with Gasteiger partial charge in [0.2, 0.25) is 0 Å². The molecule has 0 saturated carbocycles. The van der Waals surface area contributed by atoms with E-state index in [0.29, 0.717) is 6.79 Å². The van der Waals surface area contributed by atoms with Gasteiger partial charge in [-0.1, -0.05) is 41.5 Å². The molecule has 0 aliphatic carbocycles. The third-order valence-electron chi connectivity index (χ3n) is 0.744. The Morgan fingerprint density at radius 1 is 0.667 bits per heavy atom. The molecule has 1 heterocycles. The fraction of sp³-hybridized carbons (Fsp3) is 1.00. The van der Waals surface area contributed by atoms with E-state index in [1.165, 1.54) is 0 Å². The Bertz CT molecular complexity index is 23.3. The van der Waals surface area contributed by atoms with Crippen molar-refractivity contribution in [3.05, 3.63) is 0 Å². The molecule has 2 nitrogen and oxygen atoms in total. The van der Waals surface area contributed by atoms with Crippen LogP contribution in [-0.4, -0.2) is 20.0 Å². The molecule has 12 heavy (non-hydrogen) atoms. The van der Waals surface area contributed by atoms with Gasteiger partial charge in [-0.3, -0.25) is 0 Å². The Morgan fingerprint density at radius 3 is 1.08 bits per heavy atom. The van der Waals surface area contributed by atoms with Crippen molar-refractivity contribution < 1.29 is 9.47 Å². The molecule has 1 fully saturated rings. The van der Waals surface area contributed by atoms with E-state index in [9.17, 15) is 0 Å². The third-order valence-corrected chi connectivity index (χ3v) is 0.744. The molecule has 1 aliphatic rings. The number of ether oxygens (including phenoxy) is 2. The summed E-state index contributed by atoms with van der Waals surface area (Å²) in [5, 5.41) is 0. The van der Waals surface area contributed by atoms with Crippen molar-refractivity contribution in [3.8, 4) is 0 Å². The largest absolute Gasteiger partial charge is 0.355 e. The van der Waals surface area contributed by atoms with Crippen molar-refractivity contribution >= 4 is 0 Å². The number of rotatable bonds is 0. The molecule has 0 aromatic heterocycles. The average Bonchev–Trinajstić information content (AvgIpc) is 2.29. The smallest absolute Gasteiger partial charge is 0.146 e. The lowest BCUT2D eigenvalue weighted by Gasteiger charge is -2.09. The maximum absolute atomic E-state index is 4.85. The highest BCUT2D eigenvalue weighted by molar-refractivity contribution is 4.34. The van der Waals surface area contributed by atoms with E-state index in [2.05, 4.69) is 0 Å². The zero-order valence-corrected chi connectivity index (χ0v) is 9.64. The minimum absolute atomic E-state index is 0.500. The van der Waals surface area contributed by atoms with Crippen molar-refractivity contribution in [1.29, 1.82) is 0 Å². The summed E-state index contributed by atoms with van der Waals surface area (Å²) in [5.41, 5.74) is 0. The van der Waals surface area contributed by atoms with Crippen LogP contribution in [0.5, 0.6) is 0 Å². The monoisotopic (exact) mass is 178 g/mol. The van der Waals surface area contributed by atoms with Gasteiger partial charge < -0.3 is 9.47 Å². The summed E-state index contributed by atoms with van der Waals surface area (Å²) in [7, 11) is 0. The topological polar surface area (TPSA) is 18.5 Å². The van der Waals surface area contributed by atoms with Gasteiger partial charge in [-0.05, 0) is 6.42 Å². The summed E-state index contributed by atoms with van der Waals surface area (Å²) in [6, 6.07) is 0. The highest BCUT2D eigenvalue weighted by atomic mass is 16.7. The van der Waals surface area contributed by atoms with Crippen LogP contribution in [0.3, 0.4) is 0 Å². The van der Waals surface area contributed by atoms with Gasteiger partial charge in [0.15, 0.2) is 0 Å². The van der Waals surface area contributed by atoms with Crippen LogP contribution in [0.25, 0.3) is 0 Å². The zero-order valence-electron chi connectivity index (χ0n) is 9.64. The summed E-state index contributed by atoms with van der Waals surface area (Å²) < 4.78 is 9.69. The van der Waals surface area contributed by atoms with Crippen LogP contribution < -0.4 is 0 Å². The quantitative estimate of drug-likeness (QED) is 0.565. The van der Waals surface area contributed by atoms with Crippen molar-refractivity contribution in [2.45, 2.75) is 48.0 Å². The van der Waals surface area contributed by atoms with Crippen molar-refractivity contribution in [2.75, 3.05) is 20.0 Å². The predicted octanol–water partition coefficient (Wildman–Crippen LogP) is 3.46. The maximum atomic E-state index is 4.85. The van der Waals surface area contributed by atoms with Gasteiger partial charge in [-0.2, -0.15) is 0 Å². The summed E-state index contributed by atoms with van der Waals surface area (Å²) in [4.78, 5) is 0. The van der Waals surface area contributed by atoms with E-state index in [0.717, 1.165) is 19.6 Å². The van der Waals surface area contributed by atoms with Crippen LogP contribution in [0.1, 0.15) is 48.0 Å². The fourth-order valence-electron chi connectivity index (χ4n) is 0.440. The first kappa shape index (κ1) is 17.9. The second kappa shape index (κ2) is 30.7. The van der Waals surface area contributed by atoms with Crippen LogP contribution in [0.4, 0.5) is 0 Å². The Labute approximate surface area is 78.3 Å². The summed E-state index contributed by atoms with van der Waals surface area (Å²) >= 11 is 0. The van der Waals surface area contributed by atoms with Crippen LogP contribution in [0, 0.1) is 0 Å². The van der Waals surface area contributed by atoms with Gasteiger partial charge in [-0.25, -0.2) is 0 Å². The highest BCUT2D eigenvalue weighted by Gasteiger charge is 1.94. The van der Waals surface area contributed by atoms with Crippen LogP contribution >= 0.6 is 0 Å². The summed E-state index contributed by atoms with van der Waals surface area (Å²) in [6.07, 6.45) is 1.06. The molecule has 0 aromatic carbocycles. The highest BCUT2D eigenvalue weighted by Crippen LogP contribution is 1.91. The fourth-order valence-corrected chi connectivity index (χ4v) is 0.440. The lowest BCUT2D eigenvalue weighted by atomic mass is 10.5. The first-order valence-corrected chi connectivity index (χ1v) is 5.15. The van der Waals surface area contributed by atoms with Gasteiger partial charge in [0.05, 0.1) is 13.2 Å². The normalized spacial score (nSPS) is 13.5. The first-order valence-electron chi connectivity index (χ1n) is 5.15. The molecule has 0 bridgehead atoms. The molecule has 0 spiro atoms. The van der Waals surface area contributed by atoms with Gasteiger partial charge in [0, 0.05) is 0 Å². The Balaban J connectivity index is -0.000000117. The lowest BCUT2D eigenvalue weighted by molar-refractivity contribution is -0.0963. The van der Waals surface area contributed by atoms with Crippen molar-refractivity contribution in [2.24, 2.45) is 0 Å². The molecule has 78 valence electrons. The predicted molar refractivity (Wildman–Crippen MR) is 55.4 cm³/mol. The maximum Gasteiger partial charge on any atom is 0.146 e. The number of hydrogen-bond acceptors (Lipinski definition) is 2. The molecule has 0 N–H and O–H groups in total. The molecule has 2 heteroatoms. The van der Waals surface area contributed by atoms with Gasteiger partial charge in [0.1, 0.15) is 6.79 Å². The molecular formula is C10H26O2. The van der Waals surface area contributed by atoms with Gasteiger partial charge in [-0.15, -0.1) is 0 Å². The SMILES string of the molecule is C1COCOC1.CC.CC.CC. The summed E-state index contributed by atoms with van der Waals surface area (Å²) in [5.74, 6) is 0. The zero-order chi connectivity index (χ0) is 10.2.